The molecule has 3 amide bonds. The number of phenols is 1. The lowest BCUT2D eigenvalue weighted by atomic mass is 9.79. The predicted octanol–water partition coefficient (Wildman–Crippen LogP) is 5.24. The summed E-state index contributed by atoms with van der Waals surface area (Å²) in [5.74, 6) is -0.505. The van der Waals surface area contributed by atoms with Crippen molar-refractivity contribution in [2.24, 2.45) is 5.92 Å². The van der Waals surface area contributed by atoms with Gasteiger partial charge in [-0.3, -0.25) is 9.59 Å². The van der Waals surface area contributed by atoms with E-state index in [0.29, 0.717) is 39.0 Å². The summed E-state index contributed by atoms with van der Waals surface area (Å²) in [6, 6.07) is 13.2. The summed E-state index contributed by atoms with van der Waals surface area (Å²) in [6.07, 6.45) is 3.83. The highest BCUT2D eigenvalue weighted by Gasteiger charge is 2.44. The number of hydrogen-bond donors (Lipinski definition) is 1. The number of aryl methyl sites for hydroxylation is 1. The Labute approximate surface area is 248 Å². The summed E-state index contributed by atoms with van der Waals surface area (Å²) >= 11 is 0. The van der Waals surface area contributed by atoms with E-state index in [9.17, 15) is 19.5 Å². The van der Waals surface area contributed by atoms with E-state index in [1.165, 1.54) is 0 Å². The lowest BCUT2D eigenvalue weighted by Gasteiger charge is -2.41. The minimum absolute atomic E-state index is 0.0490. The fourth-order valence-electron chi connectivity index (χ4n) is 6.17. The zero-order valence-corrected chi connectivity index (χ0v) is 25.2. The Hall–Kier alpha value is -3.59. The fraction of sp³-hybridized carbons (Fsp3) is 0.545. The van der Waals surface area contributed by atoms with Gasteiger partial charge in [0, 0.05) is 57.2 Å². The summed E-state index contributed by atoms with van der Waals surface area (Å²) < 4.78 is 10.9. The highest BCUT2D eigenvalue weighted by atomic mass is 16.6. The number of phenolic OH excluding ortho intramolecular Hbond substituents is 1. The molecule has 0 unspecified atom stereocenters. The minimum atomic E-state index is -0.644. The van der Waals surface area contributed by atoms with E-state index in [1.807, 2.05) is 54.8 Å². The van der Waals surface area contributed by atoms with E-state index in [4.69, 9.17) is 9.47 Å². The van der Waals surface area contributed by atoms with Crippen LogP contribution in [0, 0.1) is 5.92 Å². The number of piperidine rings is 1. The van der Waals surface area contributed by atoms with Crippen molar-refractivity contribution in [2.75, 3.05) is 43.2 Å². The number of anilines is 2. The number of rotatable bonds is 8. The van der Waals surface area contributed by atoms with Crippen LogP contribution in [0.3, 0.4) is 0 Å². The molecule has 42 heavy (non-hydrogen) atoms. The second-order valence-electron chi connectivity index (χ2n) is 12.7. The molecule has 226 valence electrons. The number of carbonyl (C=O) groups is 3. The highest BCUT2D eigenvalue weighted by molar-refractivity contribution is 6.00. The molecule has 1 saturated carbocycles. The Bertz CT molecular complexity index is 1320. The topological polar surface area (TPSA) is 99.6 Å². The first kappa shape index (κ1) is 29.9. The zero-order chi connectivity index (χ0) is 30.0. The van der Waals surface area contributed by atoms with Crippen LogP contribution in [-0.2, 0) is 25.5 Å². The molecule has 1 saturated heterocycles. The van der Waals surface area contributed by atoms with Crippen LogP contribution < -0.4 is 9.80 Å². The number of ether oxygens (including phenoxy) is 2. The molecule has 0 spiro atoms. The van der Waals surface area contributed by atoms with Crippen molar-refractivity contribution in [1.29, 1.82) is 0 Å². The van der Waals surface area contributed by atoms with Crippen LogP contribution in [0.4, 0.5) is 16.2 Å². The van der Waals surface area contributed by atoms with Crippen LogP contribution >= 0.6 is 0 Å². The molecule has 0 bridgehead atoms. The molecule has 2 atom stereocenters. The molecule has 0 radical (unpaired) electrons. The number of aromatic hydroxyl groups is 1. The molecular formula is C33H43N3O6. The maximum atomic E-state index is 14.6. The van der Waals surface area contributed by atoms with E-state index >= 15 is 0 Å². The van der Waals surface area contributed by atoms with Crippen LogP contribution in [0.5, 0.6) is 5.75 Å². The first-order valence-electron chi connectivity index (χ1n) is 15.1. The molecule has 3 aliphatic rings. The first-order chi connectivity index (χ1) is 20.1. The van der Waals surface area contributed by atoms with Crippen LogP contribution in [0.25, 0.3) is 0 Å². The number of carbonyl (C=O) groups excluding carboxylic acids is 3. The van der Waals surface area contributed by atoms with Gasteiger partial charge in [-0.05, 0) is 94.2 Å². The number of nitrogens with zero attached hydrogens (tertiary/aromatic N) is 3. The number of fused-ring (bicyclic) bond motifs is 1. The average Bonchev–Trinajstić information content (AvgIpc) is 3.78. The van der Waals surface area contributed by atoms with Gasteiger partial charge in [0.1, 0.15) is 11.4 Å². The summed E-state index contributed by atoms with van der Waals surface area (Å²) in [6.45, 7) is 7.32. The third kappa shape index (κ3) is 6.72. The molecule has 9 heteroatoms. The van der Waals surface area contributed by atoms with Crippen molar-refractivity contribution in [1.82, 2.24) is 4.90 Å². The fourth-order valence-corrected chi connectivity index (χ4v) is 6.17. The summed E-state index contributed by atoms with van der Waals surface area (Å²) in [5.41, 5.74) is 2.98. The van der Waals surface area contributed by atoms with Crippen molar-refractivity contribution in [3.05, 3.63) is 53.6 Å². The van der Waals surface area contributed by atoms with Crippen LogP contribution in [0.15, 0.2) is 42.5 Å². The first-order valence-corrected chi connectivity index (χ1v) is 15.1. The Morgan fingerprint density at radius 2 is 1.86 bits per heavy atom. The quantitative estimate of drug-likeness (QED) is 0.431. The van der Waals surface area contributed by atoms with Gasteiger partial charge in [-0.25, -0.2) is 4.79 Å². The van der Waals surface area contributed by atoms with Crippen molar-refractivity contribution in [3.8, 4) is 5.75 Å². The standard InChI is InChI=1S/C33H43N3O6/c1-33(2,3)42-32(40)34-17-15-27(23-7-5-8-26(37)19-23)28(21-34)31(39)36(24-12-13-24)25-11-9-22-10-14-30(38)35(29(22)20-25)16-6-18-41-4/h5,7-9,11,19-20,24,27-28,37H,6,10,12-18,21H2,1-4H3/t27-,28+/m1/s1. The Balaban J connectivity index is 1.47. The van der Waals surface area contributed by atoms with Gasteiger partial charge >= 0.3 is 6.09 Å². The Kier molecular flexibility index (Phi) is 8.78. The summed E-state index contributed by atoms with van der Waals surface area (Å²) in [4.78, 5) is 46.0. The van der Waals surface area contributed by atoms with Gasteiger partial charge in [0.05, 0.1) is 5.92 Å². The van der Waals surface area contributed by atoms with Gasteiger partial charge in [-0.1, -0.05) is 18.2 Å². The van der Waals surface area contributed by atoms with E-state index < -0.39 is 17.6 Å². The van der Waals surface area contributed by atoms with Crippen molar-refractivity contribution in [2.45, 2.75) is 76.9 Å². The molecule has 1 N–H and O–H groups in total. The number of methoxy groups -OCH3 is 1. The van der Waals surface area contributed by atoms with E-state index in [1.54, 1.807) is 30.2 Å². The molecule has 2 aromatic rings. The molecule has 9 nitrogen and oxygen atoms in total. The van der Waals surface area contributed by atoms with Crippen molar-refractivity contribution in [3.63, 3.8) is 0 Å². The number of likely N-dealkylation sites (tertiary alicyclic amines) is 1. The van der Waals surface area contributed by atoms with E-state index in [0.717, 1.165) is 41.8 Å². The molecular weight excluding hydrogens is 534 g/mol. The maximum Gasteiger partial charge on any atom is 0.410 e. The van der Waals surface area contributed by atoms with E-state index in [-0.39, 0.29) is 36.1 Å². The minimum Gasteiger partial charge on any atom is -0.508 e. The SMILES string of the molecule is COCCCN1C(=O)CCc2ccc(N(C(=O)[C@H]3CN(C(=O)OC(C)(C)C)CC[C@@H]3c3cccc(O)c3)C3CC3)cc21. The molecule has 2 aliphatic heterocycles. The van der Waals surface area contributed by atoms with Gasteiger partial charge < -0.3 is 29.3 Å². The third-order valence-corrected chi connectivity index (χ3v) is 8.31. The van der Waals surface area contributed by atoms with Crippen LogP contribution in [0.1, 0.15) is 69.9 Å². The lowest BCUT2D eigenvalue weighted by molar-refractivity contribution is -0.124. The third-order valence-electron chi connectivity index (χ3n) is 8.31. The monoisotopic (exact) mass is 577 g/mol. The highest BCUT2D eigenvalue weighted by Crippen LogP contribution is 2.42. The van der Waals surface area contributed by atoms with Gasteiger partial charge in [-0.15, -0.1) is 0 Å². The molecule has 5 rings (SSSR count). The number of amides is 3. The number of hydrogen-bond acceptors (Lipinski definition) is 6. The van der Waals surface area contributed by atoms with Crippen LogP contribution in [-0.4, -0.2) is 72.9 Å². The molecule has 0 aromatic heterocycles. The molecule has 2 aromatic carbocycles. The second-order valence-corrected chi connectivity index (χ2v) is 12.7. The Morgan fingerprint density at radius 3 is 2.55 bits per heavy atom. The van der Waals surface area contributed by atoms with Crippen molar-refractivity contribution >= 4 is 29.3 Å². The Morgan fingerprint density at radius 1 is 1.07 bits per heavy atom. The predicted molar refractivity (Wildman–Crippen MR) is 161 cm³/mol. The van der Waals surface area contributed by atoms with Crippen LogP contribution in [0.2, 0.25) is 0 Å². The normalized spacial score (nSPS) is 20.7. The smallest absolute Gasteiger partial charge is 0.410 e. The van der Waals surface area contributed by atoms with Gasteiger partial charge in [0.15, 0.2) is 0 Å². The van der Waals surface area contributed by atoms with Gasteiger partial charge in [0.2, 0.25) is 11.8 Å². The summed E-state index contributed by atoms with van der Waals surface area (Å²) in [7, 11) is 1.66. The van der Waals surface area contributed by atoms with Gasteiger partial charge in [-0.2, -0.15) is 0 Å². The lowest BCUT2D eigenvalue weighted by Crippen LogP contribution is -2.51. The molecule has 2 heterocycles. The molecule has 2 fully saturated rings. The van der Waals surface area contributed by atoms with E-state index in [2.05, 4.69) is 0 Å². The number of benzene rings is 2. The van der Waals surface area contributed by atoms with Crippen molar-refractivity contribution < 1.29 is 29.0 Å². The largest absolute Gasteiger partial charge is 0.508 e. The average molecular weight is 578 g/mol. The zero-order valence-electron chi connectivity index (χ0n) is 25.2. The summed E-state index contributed by atoms with van der Waals surface area (Å²) in [5, 5.41) is 10.2. The maximum absolute atomic E-state index is 14.6. The second kappa shape index (κ2) is 12.3. The van der Waals surface area contributed by atoms with Gasteiger partial charge in [0.25, 0.3) is 0 Å². The molecule has 1 aliphatic carbocycles.